The molecule has 3 heteroatoms. The lowest BCUT2D eigenvalue weighted by atomic mass is 9.64. The van der Waals surface area contributed by atoms with Crippen molar-refractivity contribution in [1.29, 1.82) is 0 Å². The van der Waals surface area contributed by atoms with Crippen LogP contribution in [-0.4, -0.2) is 15.0 Å². The minimum absolute atomic E-state index is 0.0926. The van der Waals surface area contributed by atoms with Crippen LogP contribution in [0.15, 0.2) is 152 Å². The fraction of sp³-hybridized carbons (Fsp3) is 0.0750. The maximum absolute atomic E-state index is 5.17. The van der Waals surface area contributed by atoms with Gasteiger partial charge in [0.25, 0.3) is 0 Å². The van der Waals surface area contributed by atoms with Crippen molar-refractivity contribution >= 4 is 5.57 Å². The van der Waals surface area contributed by atoms with Crippen LogP contribution in [-0.2, 0) is 5.41 Å². The first-order valence-electron chi connectivity index (χ1n) is 14.9. The Balaban J connectivity index is 1.29. The molecule has 5 aromatic carbocycles. The van der Waals surface area contributed by atoms with Crippen LogP contribution in [0.25, 0.3) is 39.5 Å². The van der Waals surface area contributed by atoms with E-state index in [9.17, 15) is 0 Å². The zero-order valence-corrected chi connectivity index (χ0v) is 23.4. The summed E-state index contributed by atoms with van der Waals surface area (Å²) in [6.07, 6.45) is 6.87. The van der Waals surface area contributed by atoms with E-state index in [0.717, 1.165) is 22.5 Å². The van der Waals surface area contributed by atoms with Crippen LogP contribution in [0, 0.1) is 5.92 Å². The number of aromatic nitrogens is 3. The standard InChI is InChI=1S/C40H27N3/c1-3-14-26(15-4-1)37-41-38(27-16-5-2-6-17-27)43-39(42-37)31-21-13-25-35-36(31)30-20-9-12-24-34(30)40(35)32-22-10-7-18-28(32)29-19-8-11-23-33(29)40/h1-25,35-36H. The number of nitrogens with zero attached hydrogens (tertiary/aromatic N) is 3. The Morgan fingerprint density at radius 2 is 0.953 bits per heavy atom. The van der Waals surface area contributed by atoms with Gasteiger partial charge in [-0.05, 0) is 33.4 Å². The van der Waals surface area contributed by atoms with Crippen molar-refractivity contribution in [1.82, 2.24) is 15.0 Å². The molecule has 43 heavy (non-hydrogen) atoms. The van der Waals surface area contributed by atoms with Crippen LogP contribution in [0.3, 0.4) is 0 Å². The molecular formula is C40H27N3. The summed E-state index contributed by atoms with van der Waals surface area (Å²) in [7, 11) is 0. The van der Waals surface area contributed by atoms with E-state index < -0.39 is 0 Å². The van der Waals surface area contributed by atoms with Crippen LogP contribution >= 0.6 is 0 Å². The molecule has 3 aliphatic carbocycles. The summed E-state index contributed by atoms with van der Waals surface area (Å²) in [4.78, 5) is 15.3. The topological polar surface area (TPSA) is 38.7 Å². The Morgan fingerprint density at radius 3 is 1.56 bits per heavy atom. The quantitative estimate of drug-likeness (QED) is 0.221. The minimum Gasteiger partial charge on any atom is -0.208 e. The lowest BCUT2D eigenvalue weighted by Gasteiger charge is -2.37. The summed E-state index contributed by atoms with van der Waals surface area (Å²) in [5.41, 5.74) is 10.9. The Morgan fingerprint density at radius 1 is 0.465 bits per heavy atom. The van der Waals surface area contributed by atoms with Crippen LogP contribution in [0.1, 0.15) is 34.0 Å². The number of hydrogen-bond acceptors (Lipinski definition) is 3. The number of hydrogen-bond donors (Lipinski definition) is 0. The van der Waals surface area contributed by atoms with E-state index in [2.05, 4.69) is 115 Å². The molecule has 9 rings (SSSR count). The molecule has 3 nitrogen and oxygen atoms in total. The second-order valence-electron chi connectivity index (χ2n) is 11.5. The van der Waals surface area contributed by atoms with E-state index in [1.807, 2.05) is 36.4 Å². The van der Waals surface area contributed by atoms with Gasteiger partial charge in [-0.25, -0.2) is 15.0 Å². The van der Waals surface area contributed by atoms with Gasteiger partial charge >= 0.3 is 0 Å². The van der Waals surface area contributed by atoms with Gasteiger partial charge in [-0.2, -0.15) is 0 Å². The summed E-state index contributed by atoms with van der Waals surface area (Å²) in [6, 6.07) is 47.4. The van der Waals surface area contributed by atoms with Crippen molar-refractivity contribution in [3.63, 3.8) is 0 Å². The Labute approximate surface area is 251 Å². The Bertz CT molecular complexity index is 1990. The second kappa shape index (κ2) is 9.30. The molecule has 2 atom stereocenters. The molecule has 0 radical (unpaired) electrons. The van der Waals surface area contributed by atoms with E-state index >= 15 is 0 Å². The maximum atomic E-state index is 5.17. The van der Waals surface area contributed by atoms with Crippen molar-refractivity contribution in [2.45, 2.75) is 11.3 Å². The number of benzene rings is 5. The first kappa shape index (κ1) is 24.2. The molecule has 0 amide bonds. The van der Waals surface area contributed by atoms with Crippen LogP contribution in [0.5, 0.6) is 0 Å². The van der Waals surface area contributed by atoms with Crippen molar-refractivity contribution in [2.75, 3.05) is 0 Å². The highest BCUT2D eigenvalue weighted by molar-refractivity contribution is 5.88. The molecular weight excluding hydrogens is 522 g/mol. The third-order valence-electron chi connectivity index (χ3n) is 9.46. The molecule has 0 saturated carbocycles. The third-order valence-corrected chi connectivity index (χ3v) is 9.46. The van der Waals surface area contributed by atoms with Gasteiger partial charge < -0.3 is 0 Å². The lowest BCUT2D eigenvalue weighted by Crippen LogP contribution is -2.33. The largest absolute Gasteiger partial charge is 0.208 e. The van der Waals surface area contributed by atoms with Crippen molar-refractivity contribution in [2.24, 2.45) is 5.92 Å². The van der Waals surface area contributed by atoms with E-state index in [1.54, 1.807) is 0 Å². The highest BCUT2D eigenvalue weighted by atomic mass is 15.0. The van der Waals surface area contributed by atoms with Gasteiger partial charge in [-0.15, -0.1) is 0 Å². The average molecular weight is 550 g/mol. The van der Waals surface area contributed by atoms with Crippen LogP contribution in [0.2, 0.25) is 0 Å². The fourth-order valence-electron chi connectivity index (χ4n) is 7.82. The van der Waals surface area contributed by atoms with E-state index in [-0.39, 0.29) is 17.3 Å². The van der Waals surface area contributed by atoms with Crippen molar-refractivity contribution < 1.29 is 0 Å². The van der Waals surface area contributed by atoms with Crippen molar-refractivity contribution in [3.8, 4) is 33.9 Å². The van der Waals surface area contributed by atoms with Crippen LogP contribution in [0.4, 0.5) is 0 Å². The minimum atomic E-state index is -0.290. The molecule has 1 heterocycles. The van der Waals surface area contributed by atoms with E-state index in [4.69, 9.17) is 15.0 Å². The van der Waals surface area contributed by atoms with Gasteiger partial charge in [0.05, 0.1) is 5.41 Å². The SMILES string of the molecule is C1=CC2C(C(c3nc(-c4ccccc4)nc(-c4ccccc4)n3)=C1)c1ccccc1C21c2ccccc2-c2ccccc21. The van der Waals surface area contributed by atoms with E-state index in [1.165, 1.54) is 33.4 Å². The first-order chi connectivity index (χ1) is 21.3. The maximum Gasteiger partial charge on any atom is 0.164 e. The molecule has 6 aromatic rings. The predicted molar refractivity (Wildman–Crippen MR) is 172 cm³/mol. The molecule has 0 N–H and O–H groups in total. The van der Waals surface area contributed by atoms with Gasteiger partial charge in [0.15, 0.2) is 17.5 Å². The summed E-state index contributed by atoms with van der Waals surface area (Å²) in [5, 5.41) is 0. The van der Waals surface area contributed by atoms with Crippen LogP contribution < -0.4 is 0 Å². The third kappa shape index (κ3) is 3.39. The lowest BCUT2D eigenvalue weighted by molar-refractivity contribution is 0.471. The molecule has 1 aromatic heterocycles. The van der Waals surface area contributed by atoms with E-state index in [0.29, 0.717) is 11.6 Å². The van der Waals surface area contributed by atoms with Crippen molar-refractivity contribution in [3.05, 3.63) is 180 Å². The highest BCUT2D eigenvalue weighted by Crippen LogP contribution is 2.66. The zero-order chi connectivity index (χ0) is 28.4. The molecule has 0 fully saturated rings. The van der Waals surface area contributed by atoms with Gasteiger partial charge in [0.1, 0.15) is 0 Å². The number of allylic oxidation sites excluding steroid dienone is 4. The van der Waals surface area contributed by atoms with Gasteiger partial charge in [-0.1, -0.05) is 152 Å². The monoisotopic (exact) mass is 549 g/mol. The molecule has 0 aliphatic heterocycles. The number of rotatable bonds is 3. The average Bonchev–Trinajstić information content (AvgIpc) is 3.56. The van der Waals surface area contributed by atoms with Gasteiger partial charge in [-0.3, -0.25) is 0 Å². The molecule has 2 unspecified atom stereocenters. The molecule has 0 bridgehead atoms. The molecule has 3 aliphatic rings. The smallest absolute Gasteiger partial charge is 0.164 e. The molecule has 1 spiro atoms. The van der Waals surface area contributed by atoms with Gasteiger partial charge in [0.2, 0.25) is 0 Å². The zero-order valence-electron chi connectivity index (χ0n) is 23.4. The first-order valence-corrected chi connectivity index (χ1v) is 14.9. The summed E-state index contributed by atoms with van der Waals surface area (Å²) >= 11 is 0. The Kier molecular flexibility index (Phi) is 5.24. The summed E-state index contributed by atoms with van der Waals surface area (Å²) < 4.78 is 0. The summed E-state index contributed by atoms with van der Waals surface area (Å²) in [6.45, 7) is 0. The Hall–Kier alpha value is -5.41. The number of fused-ring (bicyclic) bond motifs is 10. The highest BCUT2D eigenvalue weighted by Gasteiger charge is 2.58. The second-order valence-corrected chi connectivity index (χ2v) is 11.5. The predicted octanol–water partition coefficient (Wildman–Crippen LogP) is 8.89. The molecule has 202 valence electrons. The van der Waals surface area contributed by atoms with Gasteiger partial charge in [0, 0.05) is 28.5 Å². The summed E-state index contributed by atoms with van der Waals surface area (Å²) in [5.74, 6) is 2.38. The molecule has 0 saturated heterocycles. The fourth-order valence-corrected chi connectivity index (χ4v) is 7.82. The normalized spacial score (nSPS) is 18.5.